The smallest absolute Gasteiger partial charge is 0.323 e. The highest BCUT2D eigenvalue weighted by molar-refractivity contribution is 5.79. The maximum absolute atomic E-state index is 12.0. The van der Waals surface area contributed by atoms with Gasteiger partial charge in [-0.3, -0.25) is 10.1 Å². The number of carboxylic acid groups (broad SMARTS) is 1. The molecule has 1 aliphatic carbocycles. The SMILES string of the molecule is CC(C)CC(CC(C)C)(NC1CCCCCC1)C(=O)O. The molecule has 0 spiro atoms. The summed E-state index contributed by atoms with van der Waals surface area (Å²) in [4.78, 5) is 12.0. The van der Waals surface area contributed by atoms with Crippen LogP contribution in [0.15, 0.2) is 0 Å². The van der Waals surface area contributed by atoms with Gasteiger partial charge >= 0.3 is 5.97 Å². The van der Waals surface area contributed by atoms with E-state index in [9.17, 15) is 9.90 Å². The first-order valence-electron chi connectivity index (χ1n) is 8.37. The molecule has 1 rings (SSSR count). The van der Waals surface area contributed by atoms with Crippen LogP contribution in [0.1, 0.15) is 79.1 Å². The minimum absolute atomic E-state index is 0.381. The van der Waals surface area contributed by atoms with Crippen LogP contribution in [0.25, 0.3) is 0 Å². The number of aliphatic carboxylic acids is 1. The van der Waals surface area contributed by atoms with Crippen molar-refractivity contribution < 1.29 is 9.90 Å². The molecule has 1 saturated carbocycles. The number of carbonyl (C=O) groups is 1. The maximum Gasteiger partial charge on any atom is 0.323 e. The summed E-state index contributed by atoms with van der Waals surface area (Å²) >= 11 is 0. The summed E-state index contributed by atoms with van der Waals surface area (Å²) < 4.78 is 0. The van der Waals surface area contributed by atoms with E-state index >= 15 is 0 Å². The van der Waals surface area contributed by atoms with Crippen molar-refractivity contribution in [2.24, 2.45) is 11.8 Å². The summed E-state index contributed by atoms with van der Waals surface area (Å²) in [7, 11) is 0. The lowest BCUT2D eigenvalue weighted by atomic mass is 9.80. The summed E-state index contributed by atoms with van der Waals surface area (Å²) in [5.41, 5.74) is -0.739. The Hall–Kier alpha value is -0.570. The lowest BCUT2D eigenvalue weighted by Gasteiger charge is -2.37. The summed E-state index contributed by atoms with van der Waals surface area (Å²) in [5, 5.41) is 13.4. The maximum atomic E-state index is 12.0. The van der Waals surface area contributed by atoms with Gasteiger partial charge in [0.1, 0.15) is 5.54 Å². The molecule has 0 aromatic heterocycles. The topological polar surface area (TPSA) is 49.3 Å². The molecule has 0 aromatic rings. The minimum atomic E-state index is -0.739. The Balaban J connectivity index is 2.85. The number of carboxylic acids is 1. The Morgan fingerprint density at radius 2 is 1.50 bits per heavy atom. The molecule has 2 N–H and O–H groups in total. The third-order valence-electron chi connectivity index (χ3n) is 4.26. The van der Waals surface area contributed by atoms with Crippen molar-refractivity contribution in [1.29, 1.82) is 0 Å². The molecule has 0 bridgehead atoms. The van der Waals surface area contributed by atoms with E-state index in [-0.39, 0.29) is 0 Å². The Morgan fingerprint density at radius 1 is 1.05 bits per heavy atom. The molecule has 1 aliphatic rings. The van der Waals surface area contributed by atoms with Gasteiger partial charge in [-0.15, -0.1) is 0 Å². The van der Waals surface area contributed by atoms with Gasteiger partial charge in [-0.2, -0.15) is 0 Å². The Labute approximate surface area is 124 Å². The van der Waals surface area contributed by atoms with E-state index in [1.807, 2.05) is 0 Å². The van der Waals surface area contributed by atoms with Gasteiger partial charge in [-0.05, 0) is 37.5 Å². The highest BCUT2D eigenvalue weighted by Crippen LogP contribution is 2.29. The van der Waals surface area contributed by atoms with Crippen LogP contribution < -0.4 is 5.32 Å². The first-order chi connectivity index (χ1) is 9.35. The molecule has 3 heteroatoms. The quantitative estimate of drug-likeness (QED) is 0.688. The van der Waals surface area contributed by atoms with Gasteiger partial charge in [-0.1, -0.05) is 53.4 Å². The lowest BCUT2D eigenvalue weighted by Crippen LogP contribution is -2.57. The molecule has 118 valence electrons. The fraction of sp³-hybridized carbons (Fsp3) is 0.941. The van der Waals surface area contributed by atoms with E-state index in [2.05, 4.69) is 33.0 Å². The van der Waals surface area contributed by atoms with E-state index in [0.717, 1.165) is 25.7 Å². The Bertz CT molecular complexity index is 281. The molecule has 3 nitrogen and oxygen atoms in total. The van der Waals surface area contributed by atoms with Crippen molar-refractivity contribution in [3.63, 3.8) is 0 Å². The van der Waals surface area contributed by atoms with Crippen molar-refractivity contribution in [2.45, 2.75) is 90.6 Å². The van der Waals surface area contributed by atoms with Crippen molar-refractivity contribution in [3.8, 4) is 0 Å². The molecular weight excluding hydrogens is 250 g/mol. The number of hydrogen-bond acceptors (Lipinski definition) is 2. The Kier molecular flexibility index (Phi) is 7.01. The molecule has 0 aromatic carbocycles. The minimum Gasteiger partial charge on any atom is -0.480 e. The number of hydrogen-bond donors (Lipinski definition) is 2. The standard InChI is InChI=1S/C17H33NO2/c1-13(2)11-17(16(19)20,12-14(3)4)18-15-9-7-5-6-8-10-15/h13-15,18H,5-12H2,1-4H3,(H,19,20). The second-order valence-corrected chi connectivity index (χ2v) is 7.42. The largest absolute Gasteiger partial charge is 0.480 e. The fourth-order valence-electron chi connectivity index (χ4n) is 3.65. The average Bonchev–Trinajstić information content (AvgIpc) is 2.55. The summed E-state index contributed by atoms with van der Waals surface area (Å²) in [5.74, 6) is 0.121. The molecule has 0 radical (unpaired) electrons. The second-order valence-electron chi connectivity index (χ2n) is 7.42. The van der Waals surface area contributed by atoms with Crippen LogP contribution in [-0.4, -0.2) is 22.7 Å². The first kappa shape index (κ1) is 17.5. The third kappa shape index (κ3) is 5.43. The zero-order valence-corrected chi connectivity index (χ0v) is 13.7. The van der Waals surface area contributed by atoms with Crippen LogP contribution in [-0.2, 0) is 4.79 Å². The van der Waals surface area contributed by atoms with E-state index < -0.39 is 11.5 Å². The highest BCUT2D eigenvalue weighted by atomic mass is 16.4. The lowest BCUT2D eigenvalue weighted by molar-refractivity contribution is -0.147. The third-order valence-corrected chi connectivity index (χ3v) is 4.26. The Morgan fingerprint density at radius 3 is 1.85 bits per heavy atom. The van der Waals surface area contributed by atoms with E-state index in [1.54, 1.807) is 0 Å². The normalized spacial score (nSPS) is 18.5. The van der Waals surface area contributed by atoms with Crippen molar-refractivity contribution >= 4 is 5.97 Å². The van der Waals surface area contributed by atoms with Crippen molar-refractivity contribution in [2.75, 3.05) is 0 Å². The molecule has 0 saturated heterocycles. The van der Waals surface area contributed by atoms with E-state index in [0.29, 0.717) is 17.9 Å². The zero-order valence-electron chi connectivity index (χ0n) is 13.7. The number of rotatable bonds is 7. The zero-order chi connectivity index (χ0) is 15.2. The van der Waals surface area contributed by atoms with Crippen LogP contribution in [0.4, 0.5) is 0 Å². The fourth-order valence-corrected chi connectivity index (χ4v) is 3.65. The van der Waals surface area contributed by atoms with Gasteiger partial charge in [0.2, 0.25) is 0 Å². The first-order valence-corrected chi connectivity index (χ1v) is 8.37. The summed E-state index contributed by atoms with van der Waals surface area (Å²) in [6, 6.07) is 0.381. The molecule has 0 unspecified atom stereocenters. The van der Waals surface area contributed by atoms with Crippen LogP contribution in [0.2, 0.25) is 0 Å². The molecule has 0 amide bonds. The highest BCUT2D eigenvalue weighted by Gasteiger charge is 2.40. The van der Waals surface area contributed by atoms with Crippen LogP contribution >= 0.6 is 0 Å². The predicted molar refractivity (Wildman–Crippen MR) is 83.9 cm³/mol. The molecule has 20 heavy (non-hydrogen) atoms. The van der Waals surface area contributed by atoms with Crippen LogP contribution in [0.5, 0.6) is 0 Å². The van der Waals surface area contributed by atoms with E-state index in [1.165, 1.54) is 25.7 Å². The molecule has 1 fully saturated rings. The summed E-state index contributed by atoms with van der Waals surface area (Å²) in [6.07, 6.45) is 8.76. The average molecular weight is 283 g/mol. The number of nitrogens with one attached hydrogen (secondary N) is 1. The molecular formula is C17H33NO2. The molecule has 0 aliphatic heterocycles. The van der Waals surface area contributed by atoms with Crippen LogP contribution in [0.3, 0.4) is 0 Å². The second kappa shape index (κ2) is 8.02. The molecule has 0 heterocycles. The van der Waals surface area contributed by atoms with Gasteiger partial charge in [-0.25, -0.2) is 0 Å². The van der Waals surface area contributed by atoms with Gasteiger partial charge in [0.25, 0.3) is 0 Å². The van der Waals surface area contributed by atoms with Gasteiger partial charge < -0.3 is 5.11 Å². The monoisotopic (exact) mass is 283 g/mol. The van der Waals surface area contributed by atoms with Crippen molar-refractivity contribution in [1.82, 2.24) is 5.32 Å². The van der Waals surface area contributed by atoms with Crippen LogP contribution in [0, 0.1) is 11.8 Å². The van der Waals surface area contributed by atoms with Gasteiger partial charge in [0.15, 0.2) is 0 Å². The van der Waals surface area contributed by atoms with E-state index in [4.69, 9.17) is 0 Å². The van der Waals surface area contributed by atoms with Gasteiger partial charge in [0.05, 0.1) is 0 Å². The van der Waals surface area contributed by atoms with Crippen molar-refractivity contribution in [3.05, 3.63) is 0 Å². The summed E-state index contributed by atoms with van der Waals surface area (Å²) in [6.45, 7) is 8.47. The predicted octanol–water partition coefficient (Wildman–Crippen LogP) is 4.21. The van der Waals surface area contributed by atoms with Gasteiger partial charge in [0, 0.05) is 6.04 Å². The molecule has 0 atom stereocenters.